The molecule has 2 saturated heterocycles. The number of pyridine rings is 1. The Hall–Kier alpha value is -2.54. The topological polar surface area (TPSA) is 80.2 Å². The van der Waals surface area contributed by atoms with Crippen molar-refractivity contribution >= 4 is 11.7 Å². The van der Waals surface area contributed by atoms with Crippen molar-refractivity contribution in [1.82, 2.24) is 20.3 Å². The maximum Gasteiger partial charge on any atom is 0.225 e. The molecule has 2 fully saturated rings. The normalized spacial score (nSPS) is 24.9. The molecule has 0 aromatic carbocycles. The largest absolute Gasteiger partial charge is 0.376 e. The molecule has 2 aromatic heterocycles. The summed E-state index contributed by atoms with van der Waals surface area (Å²) >= 11 is 0. The van der Waals surface area contributed by atoms with E-state index in [-0.39, 0.29) is 17.9 Å². The molecule has 1 amide bonds. The van der Waals surface area contributed by atoms with E-state index < -0.39 is 0 Å². The van der Waals surface area contributed by atoms with Crippen LogP contribution in [-0.4, -0.2) is 52.7 Å². The first-order valence-electron chi connectivity index (χ1n) is 9.12. The smallest absolute Gasteiger partial charge is 0.225 e. The van der Waals surface area contributed by atoms with Crippen molar-refractivity contribution in [2.24, 2.45) is 5.92 Å². The van der Waals surface area contributed by atoms with Gasteiger partial charge in [-0.3, -0.25) is 9.78 Å². The molecule has 0 spiro atoms. The van der Waals surface area contributed by atoms with Crippen LogP contribution in [0.25, 0.3) is 0 Å². The van der Waals surface area contributed by atoms with Gasteiger partial charge in [0.15, 0.2) is 0 Å². The van der Waals surface area contributed by atoms with Gasteiger partial charge in [0.25, 0.3) is 0 Å². The molecule has 0 unspecified atom stereocenters. The third-order valence-corrected chi connectivity index (χ3v) is 5.20. The molecule has 7 heteroatoms. The van der Waals surface area contributed by atoms with Gasteiger partial charge in [-0.25, -0.2) is 9.97 Å². The molecule has 0 radical (unpaired) electrons. The van der Waals surface area contributed by atoms with Gasteiger partial charge in [0.1, 0.15) is 12.1 Å². The van der Waals surface area contributed by atoms with E-state index >= 15 is 0 Å². The molecule has 2 aliphatic rings. The minimum absolute atomic E-state index is 0.0899. The number of anilines is 1. The summed E-state index contributed by atoms with van der Waals surface area (Å²) in [6, 6.07) is 6.14. The van der Waals surface area contributed by atoms with E-state index in [0.717, 1.165) is 31.7 Å². The van der Waals surface area contributed by atoms with Crippen LogP contribution in [-0.2, 0) is 16.0 Å². The summed E-state index contributed by atoms with van der Waals surface area (Å²) in [6.45, 7) is 2.04. The molecule has 26 heavy (non-hydrogen) atoms. The molecule has 4 heterocycles. The molecule has 0 saturated carbocycles. The summed E-state index contributed by atoms with van der Waals surface area (Å²) in [5, 5.41) is 3.08. The average Bonchev–Trinajstić information content (AvgIpc) is 3.17. The lowest BCUT2D eigenvalue weighted by Crippen LogP contribution is -2.53. The standard InChI is InChI=1S/C19H23N5O2/c25-19(22-9-3-14-1-6-20-7-2-14)15-11-17-16(5-10-26-17)24(12-15)18-4-8-21-13-23-18/h1-2,4,6-8,13,15-17H,3,5,9-12H2,(H,22,25)/t15-,16+,17+/m0/s1. The monoisotopic (exact) mass is 353 g/mol. The van der Waals surface area contributed by atoms with Crippen LogP contribution in [0.2, 0.25) is 0 Å². The molecule has 0 aliphatic carbocycles. The third-order valence-electron chi connectivity index (χ3n) is 5.20. The summed E-state index contributed by atoms with van der Waals surface area (Å²) < 4.78 is 5.89. The number of carbonyl (C=O) groups is 1. The zero-order valence-electron chi connectivity index (χ0n) is 14.6. The maximum absolute atomic E-state index is 12.7. The number of nitrogens with zero attached hydrogens (tertiary/aromatic N) is 4. The Labute approximate surface area is 152 Å². The number of hydrogen-bond donors (Lipinski definition) is 1. The summed E-state index contributed by atoms with van der Waals surface area (Å²) in [5.41, 5.74) is 1.17. The van der Waals surface area contributed by atoms with Gasteiger partial charge in [-0.1, -0.05) is 0 Å². The van der Waals surface area contributed by atoms with E-state index in [1.165, 1.54) is 5.56 Å². The lowest BCUT2D eigenvalue weighted by molar-refractivity contribution is -0.126. The van der Waals surface area contributed by atoms with Crippen LogP contribution in [0, 0.1) is 5.92 Å². The van der Waals surface area contributed by atoms with Crippen LogP contribution < -0.4 is 10.2 Å². The number of piperidine rings is 1. The van der Waals surface area contributed by atoms with Gasteiger partial charge >= 0.3 is 0 Å². The van der Waals surface area contributed by atoms with Gasteiger partial charge in [-0.15, -0.1) is 0 Å². The summed E-state index contributed by atoms with van der Waals surface area (Å²) in [4.78, 5) is 27.3. The van der Waals surface area contributed by atoms with Gasteiger partial charge in [0, 0.05) is 38.3 Å². The first-order valence-corrected chi connectivity index (χ1v) is 9.12. The Morgan fingerprint density at radius 1 is 1.23 bits per heavy atom. The van der Waals surface area contributed by atoms with Crippen molar-refractivity contribution in [2.45, 2.75) is 31.4 Å². The first kappa shape index (κ1) is 16.9. The molecule has 1 N–H and O–H groups in total. The van der Waals surface area contributed by atoms with E-state index in [0.29, 0.717) is 19.1 Å². The van der Waals surface area contributed by atoms with Gasteiger partial charge in [-0.05, 0) is 43.0 Å². The average molecular weight is 353 g/mol. The fourth-order valence-corrected chi connectivity index (χ4v) is 3.88. The first-order chi connectivity index (χ1) is 12.8. The second-order valence-corrected chi connectivity index (χ2v) is 6.81. The highest BCUT2D eigenvalue weighted by molar-refractivity contribution is 5.79. The number of fused-ring (bicyclic) bond motifs is 1. The van der Waals surface area contributed by atoms with Crippen molar-refractivity contribution < 1.29 is 9.53 Å². The molecule has 136 valence electrons. The Balaban J connectivity index is 1.39. The van der Waals surface area contributed by atoms with Crippen molar-refractivity contribution in [2.75, 3.05) is 24.6 Å². The molecule has 4 rings (SSSR count). The predicted molar refractivity (Wildman–Crippen MR) is 96.6 cm³/mol. The third kappa shape index (κ3) is 3.67. The van der Waals surface area contributed by atoms with E-state index in [2.05, 4.69) is 25.2 Å². The second kappa shape index (κ2) is 7.78. The highest BCUT2D eigenvalue weighted by atomic mass is 16.5. The minimum Gasteiger partial charge on any atom is -0.376 e. The Bertz CT molecular complexity index is 727. The summed E-state index contributed by atoms with van der Waals surface area (Å²) in [6.07, 6.45) is 9.49. The van der Waals surface area contributed by atoms with Gasteiger partial charge in [-0.2, -0.15) is 0 Å². The van der Waals surface area contributed by atoms with Gasteiger partial charge in [0.05, 0.1) is 18.1 Å². The van der Waals surface area contributed by atoms with E-state index in [1.807, 2.05) is 18.2 Å². The van der Waals surface area contributed by atoms with E-state index in [9.17, 15) is 4.79 Å². The second-order valence-electron chi connectivity index (χ2n) is 6.81. The van der Waals surface area contributed by atoms with Crippen LogP contribution in [0.5, 0.6) is 0 Å². The van der Waals surface area contributed by atoms with Crippen molar-refractivity contribution in [1.29, 1.82) is 0 Å². The molecule has 2 aliphatic heterocycles. The summed E-state index contributed by atoms with van der Waals surface area (Å²) in [5.74, 6) is 0.864. The predicted octanol–water partition coefficient (Wildman–Crippen LogP) is 1.21. The van der Waals surface area contributed by atoms with Gasteiger partial charge < -0.3 is 15.0 Å². The lowest BCUT2D eigenvalue weighted by atomic mass is 9.89. The molecular weight excluding hydrogens is 330 g/mol. The summed E-state index contributed by atoms with van der Waals surface area (Å²) in [7, 11) is 0. The van der Waals surface area contributed by atoms with Gasteiger partial charge in [0.2, 0.25) is 5.91 Å². The molecule has 0 bridgehead atoms. The number of carbonyl (C=O) groups excluding carboxylic acids is 1. The highest BCUT2D eigenvalue weighted by Gasteiger charge is 2.42. The van der Waals surface area contributed by atoms with Crippen molar-refractivity contribution in [3.8, 4) is 0 Å². The number of aromatic nitrogens is 3. The number of hydrogen-bond acceptors (Lipinski definition) is 6. The Kier molecular flexibility index (Phi) is 5.06. The van der Waals surface area contributed by atoms with Crippen LogP contribution >= 0.6 is 0 Å². The number of nitrogens with one attached hydrogen (secondary N) is 1. The number of ether oxygens (including phenoxy) is 1. The molecule has 7 nitrogen and oxygen atoms in total. The zero-order chi connectivity index (χ0) is 17.8. The Morgan fingerprint density at radius 3 is 2.88 bits per heavy atom. The van der Waals surface area contributed by atoms with Crippen LogP contribution in [0.1, 0.15) is 18.4 Å². The SMILES string of the molecule is O=C(NCCc1ccncc1)[C@H]1C[C@H]2OCC[C@H]2N(c2ccncn2)C1. The number of rotatable bonds is 5. The van der Waals surface area contributed by atoms with E-state index in [4.69, 9.17) is 4.74 Å². The lowest BCUT2D eigenvalue weighted by Gasteiger charge is -2.40. The molecular formula is C19H23N5O2. The highest BCUT2D eigenvalue weighted by Crippen LogP contribution is 2.33. The van der Waals surface area contributed by atoms with Crippen LogP contribution in [0.4, 0.5) is 5.82 Å². The Morgan fingerprint density at radius 2 is 2.08 bits per heavy atom. The molecule has 2 aromatic rings. The van der Waals surface area contributed by atoms with E-state index in [1.54, 1.807) is 24.9 Å². The fourth-order valence-electron chi connectivity index (χ4n) is 3.88. The quantitative estimate of drug-likeness (QED) is 0.870. The van der Waals surface area contributed by atoms with Crippen molar-refractivity contribution in [3.63, 3.8) is 0 Å². The zero-order valence-corrected chi connectivity index (χ0v) is 14.6. The van der Waals surface area contributed by atoms with Crippen molar-refractivity contribution in [3.05, 3.63) is 48.7 Å². The fraction of sp³-hybridized carbons (Fsp3) is 0.474. The van der Waals surface area contributed by atoms with Crippen LogP contribution in [0.3, 0.4) is 0 Å². The maximum atomic E-state index is 12.7. The number of amides is 1. The van der Waals surface area contributed by atoms with Crippen LogP contribution in [0.15, 0.2) is 43.1 Å². The molecule has 3 atom stereocenters. The minimum atomic E-state index is -0.0956.